The van der Waals surface area contributed by atoms with Gasteiger partial charge in [-0.15, -0.1) is 0 Å². The van der Waals surface area contributed by atoms with Gasteiger partial charge in [0.25, 0.3) is 0 Å². The van der Waals surface area contributed by atoms with Crippen LogP contribution in [0, 0.1) is 11.3 Å². The minimum atomic E-state index is -0.673. The number of carboxylic acid groups (broad SMARTS) is 1. The first kappa shape index (κ1) is 10.9. The van der Waals surface area contributed by atoms with Crippen molar-refractivity contribution in [2.75, 3.05) is 5.75 Å². The zero-order valence-electron chi connectivity index (χ0n) is 8.76. The molecule has 13 heavy (non-hydrogen) atoms. The SMILES string of the molecule is CC1(C)SCCC1C(C)(C)C(=O)O. The highest BCUT2D eigenvalue weighted by Gasteiger charge is 2.48. The first-order chi connectivity index (χ1) is 5.78. The highest BCUT2D eigenvalue weighted by molar-refractivity contribution is 8.00. The third kappa shape index (κ3) is 1.85. The minimum Gasteiger partial charge on any atom is -0.481 e. The minimum absolute atomic E-state index is 0.113. The van der Waals surface area contributed by atoms with Crippen LogP contribution in [0.1, 0.15) is 34.1 Å². The molecule has 1 saturated heterocycles. The van der Waals surface area contributed by atoms with E-state index in [0.29, 0.717) is 0 Å². The highest BCUT2D eigenvalue weighted by Crippen LogP contribution is 2.50. The summed E-state index contributed by atoms with van der Waals surface area (Å²) in [5.74, 6) is 0.699. The lowest BCUT2D eigenvalue weighted by Gasteiger charge is -2.36. The van der Waals surface area contributed by atoms with E-state index in [1.54, 1.807) is 0 Å². The van der Waals surface area contributed by atoms with Crippen molar-refractivity contribution in [2.45, 2.75) is 38.9 Å². The summed E-state index contributed by atoms with van der Waals surface area (Å²) in [6.07, 6.45) is 1.02. The van der Waals surface area contributed by atoms with Crippen LogP contribution >= 0.6 is 11.8 Å². The van der Waals surface area contributed by atoms with Crippen LogP contribution in [0.2, 0.25) is 0 Å². The van der Waals surface area contributed by atoms with E-state index in [-0.39, 0.29) is 10.7 Å². The molecule has 1 atom stereocenters. The van der Waals surface area contributed by atoms with Gasteiger partial charge < -0.3 is 5.11 Å². The number of carbonyl (C=O) groups is 1. The standard InChI is InChI=1S/C10H18O2S/c1-9(2,8(11)12)7-5-6-13-10(7,3)4/h7H,5-6H2,1-4H3,(H,11,12). The summed E-state index contributed by atoms with van der Waals surface area (Å²) in [4.78, 5) is 11.1. The maximum absolute atomic E-state index is 11.1. The molecule has 0 radical (unpaired) electrons. The van der Waals surface area contributed by atoms with Crippen molar-refractivity contribution in [3.05, 3.63) is 0 Å². The molecule has 2 nitrogen and oxygen atoms in total. The second kappa shape index (κ2) is 3.19. The van der Waals surface area contributed by atoms with Crippen LogP contribution in [0.4, 0.5) is 0 Å². The van der Waals surface area contributed by atoms with Crippen LogP contribution in [-0.4, -0.2) is 21.6 Å². The van der Waals surface area contributed by atoms with Gasteiger partial charge in [0.2, 0.25) is 0 Å². The molecule has 1 unspecified atom stereocenters. The van der Waals surface area contributed by atoms with Crippen molar-refractivity contribution in [3.63, 3.8) is 0 Å². The molecule has 0 amide bonds. The fraction of sp³-hybridized carbons (Fsp3) is 0.900. The fourth-order valence-corrected chi connectivity index (χ4v) is 3.76. The molecule has 1 fully saturated rings. The summed E-state index contributed by atoms with van der Waals surface area (Å²) in [5.41, 5.74) is -0.590. The van der Waals surface area contributed by atoms with E-state index in [1.807, 2.05) is 25.6 Å². The van der Waals surface area contributed by atoms with Gasteiger partial charge in [-0.05, 0) is 31.9 Å². The molecular formula is C10H18O2S. The number of thioether (sulfide) groups is 1. The van der Waals surface area contributed by atoms with Gasteiger partial charge in [-0.25, -0.2) is 0 Å². The van der Waals surface area contributed by atoms with Crippen molar-refractivity contribution in [1.29, 1.82) is 0 Å². The van der Waals surface area contributed by atoms with Gasteiger partial charge in [-0.2, -0.15) is 11.8 Å². The maximum Gasteiger partial charge on any atom is 0.309 e. The monoisotopic (exact) mass is 202 g/mol. The molecule has 0 saturated carbocycles. The largest absolute Gasteiger partial charge is 0.481 e. The van der Waals surface area contributed by atoms with Gasteiger partial charge in [0, 0.05) is 4.75 Å². The number of rotatable bonds is 2. The Balaban J connectivity index is 2.88. The van der Waals surface area contributed by atoms with E-state index in [0.717, 1.165) is 12.2 Å². The fourth-order valence-electron chi connectivity index (χ4n) is 2.27. The molecule has 0 aliphatic carbocycles. The molecule has 76 valence electrons. The second-order valence-corrected chi connectivity index (χ2v) is 6.57. The van der Waals surface area contributed by atoms with E-state index in [9.17, 15) is 4.79 Å². The van der Waals surface area contributed by atoms with E-state index >= 15 is 0 Å². The summed E-state index contributed by atoms with van der Waals surface area (Å²) in [6, 6.07) is 0. The number of carboxylic acids is 1. The molecule has 1 N–H and O–H groups in total. The van der Waals surface area contributed by atoms with Gasteiger partial charge in [-0.1, -0.05) is 13.8 Å². The Labute approximate surface area is 84.1 Å². The van der Waals surface area contributed by atoms with Gasteiger partial charge in [0.05, 0.1) is 5.41 Å². The van der Waals surface area contributed by atoms with Crippen molar-refractivity contribution in [2.24, 2.45) is 11.3 Å². The lowest BCUT2D eigenvalue weighted by molar-refractivity contribution is -0.150. The van der Waals surface area contributed by atoms with Crippen LogP contribution in [0.3, 0.4) is 0 Å². The van der Waals surface area contributed by atoms with Gasteiger partial charge in [-0.3, -0.25) is 4.79 Å². The lowest BCUT2D eigenvalue weighted by Crippen LogP contribution is -2.40. The lowest BCUT2D eigenvalue weighted by atomic mass is 9.71. The molecule has 1 heterocycles. The van der Waals surface area contributed by atoms with Gasteiger partial charge in [0.1, 0.15) is 0 Å². The Morgan fingerprint density at radius 1 is 1.54 bits per heavy atom. The molecule has 0 aromatic rings. The van der Waals surface area contributed by atoms with Crippen molar-refractivity contribution in [1.82, 2.24) is 0 Å². The number of aliphatic carboxylic acids is 1. The van der Waals surface area contributed by atoms with E-state index in [2.05, 4.69) is 13.8 Å². The second-order valence-electron chi connectivity index (χ2n) is 4.82. The average molecular weight is 202 g/mol. The summed E-state index contributed by atoms with van der Waals surface area (Å²) < 4.78 is 0.113. The number of hydrogen-bond acceptors (Lipinski definition) is 2. The van der Waals surface area contributed by atoms with E-state index in [1.165, 1.54) is 0 Å². The molecule has 0 aromatic carbocycles. The quantitative estimate of drug-likeness (QED) is 0.748. The predicted octanol–water partition coefficient (Wildman–Crippen LogP) is 2.63. The van der Waals surface area contributed by atoms with Crippen LogP contribution in [0.15, 0.2) is 0 Å². The normalized spacial score (nSPS) is 27.5. The molecule has 0 spiro atoms. The maximum atomic E-state index is 11.1. The topological polar surface area (TPSA) is 37.3 Å². The first-order valence-corrected chi connectivity index (χ1v) is 5.64. The molecular weight excluding hydrogens is 184 g/mol. The third-order valence-corrected chi connectivity index (χ3v) is 4.61. The van der Waals surface area contributed by atoms with E-state index in [4.69, 9.17) is 5.11 Å². The van der Waals surface area contributed by atoms with E-state index < -0.39 is 11.4 Å². The first-order valence-electron chi connectivity index (χ1n) is 4.66. The Kier molecular flexibility index (Phi) is 2.68. The molecule has 3 heteroatoms. The van der Waals surface area contributed by atoms with Crippen LogP contribution in [0.25, 0.3) is 0 Å². The predicted molar refractivity (Wildman–Crippen MR) is 56.1 cm³/mol. The Morgan fingerprint density at radius 2 is 2.08 bits per heavy atom. The highest BCUT2D eigenvalue weighted by atomic mass is 32.2. The van der Waals surface area contributed by atoms with Crippen LogP contribution < -0.4 is 0 Å². The zero-order chi connectivity index (χ0) is 10.3. The van der Waals surface area contributed by atoms with Crippen LogP contribution in [-0.2, 0) is 4.79 Å². The van der Waals surface area contributed by atoms with Gasteiger partial charge >= 0.3 is 5.97 Å². The number of hydrogen-bond donors (Lipinski definition) is 1. The Hall–Kier alpha value is -0.180. The smallest absolute Gasteiger partial charge is 0.309 e. The summed E-state index contributed by atoms with van der Waals surface area (Å²) in [7, 11) is 0. The molecule has 1 rings (SSSR count). The summed E-state index contributed by atoms with van der Waals surface area (Å²) >= 11 is 1.89. The summed E-state index contributed by atoms with van der Waals surface area (Å²) in [5, 5.41) is 9.12. The van der Waals surface area contributed by atoms with Crippen molar-refractivity contribution in [3.8, 4) is 0 Å². The van der Waals surface area contributed by atoms with Gasteiger partial charge in [0.15, 0.2) is 0 Å². The molecule has 0 aromatic heterocycles. The Morgan fingerprint density at radius 3 is 2.38 bits per heavy atom. The Bertz CT molecular complexity index is 221. The third-order valence-electron chi connectivity index (χ3n) is 3.14. The summed E-state index contributed by atoms with van der Waals surface area (Å²) in [6.45, 7) is 7.99. The molecule has 1 aliphatic heterocycles. The molecule has 0 bridgehead atoms. The van der Waals surface area contributed by atoms with Crippen LogP contribution in [0.5, 0.6) is 0 Å². The van der Waals surface area contributed by atoms with Crippen molar-refractivity contribution < 1.29 is 9.90 Å². The average Bonchev–Trinajstić information content (AvgIpc) is 2.29. The van der Waals surface area contributed by atoms with Crippen molar-refractivity contribution >= 4 is 17.7 Å². The zero-order valence-corrected chi connectivity index (χ0v) is 9.57. The molecule has 1 aliphatic rings.